The number of phenolic OH excluding ortho intramolecular Hbond substituents is 1. The van der Waals surface area contributed by atoms with Crippen molar-refractivity contribution in [3.05, 3.63) is 78.4 Å². The average molecular weight is 500 g/mol. The SMILES string of the molecule is CSc1ccc(-c2ccc3cc(O)ccc3c2Oc2ccc(OCCN3CCCCC3)cc2)c(C)c1. The molecule has 1 N–H and O–H groups in total. The van der Waals surface area contributed by atoms with E-state index in [-0.39, 0.29) is 5.75 Å². The number of fused-ring (bicyclic) bond motifs is 1. The lowest BCUT2D eigenvalue weighted by Crippen LogP contribution is -2.33. The molecular weight excluding hydrogens is 466 g/mol. The maximum atomic E-state index is 10.0. The third kappa shape index (κ3) is 5.63. The summed E-state index contributed by atoms with van der Waals surface area (Å²) in [6, 6.07) is 23.9. The zero-order valence-electron chi connectivity index (χ0n) is 21.0. The van der Waals surface area contributed by atoms with Crippen LogP contribution in [0.4, 0.5) is 0 Å². The van der Waals surface area contributed by atoms with Crippen LogP contribution < -0.4 is 9.47 Å². The van der Waals surface area contributed by atoms with Crippen LogP contribution in [0.1, 0.15) is 24.8 Å². The standard InChI is InChI=1S/C31H33NO3S/c1-22-20-27(36-2)12-15-28(22)30-13-6-23-21-24(33)7-14-29(23)31(30)35-26-10-8-25(9-11-26)34-19-18-32-16-4-3-5-17-32/h6-15,20-21,33H,3-5,16-19H2,1-2H3. The van der Waals surface area contributed by atoms with Gasteiger partial charge in [0.15, 0.2) is 0 Å². The van der Waals surface area contributed by atoms with Crippen molar-refractivity contribution in [1.29, 1.82) is 0 Å². The number of hydrogen-bond acceptors (Lipinski definition) is 5. The minimum Gasteiger partial charge on any atom is -0.508 e. The van der Waals surface area contributed by atoms with Crippen molar-refractivity contribution in [1.82, 2.24) is 4.90 Å². The number of benzene rings is 4. The maximum absolute atomic E-state index is 10.0. The summed E-state index contributed by atoms with van der Waals surface area (Å²) in [5.74, 6) is 2.63. The van der Waals surface area contributed by atoms with E-state index in [9.17, 15) is 5.11 Å². The van der Waals surface area contributed by atoms with E-state index < -0.39 is 0 Å². The van der Waals surface area contributed by atoms with E-state index in [0.717, 1.165) is 45.7 Å². The van der Waals surface area contributed by atoms with Gasteiger partial charge in [-0.1, -0.05) is 18.6 Å². The molecule has 1 heterocycles. The van der Waals surface area contributed by atoms with Gasteiger partial charge in [0.2, 0.25) is 0 Å². The van der Waals surface area contributed by atoms with Gasteiger partial charge in [0.05, 0.1) is 0 Å². The highest BCUT2D eigenvalue weighted by Crippen LogP contribution is 2.42. The van der Waals surface area contributed by atoms with Crippen molar-refractivity contribution >= 4 is 22.5 Å². The molecule has 0 saturated carbocycles. The molecule has 0 atom stereocenters. The molecule has 0 bridgehead atoms. The molecule has 4 nitrogen and oxygen atoms in total. The molecule has 0 aromatic heterocycles. The Morgan fingerprint density at radius 2 is 1.58 bits per heavy atom. The lowest BCUT2D eigenvalue weighted by Gasteiger charge is -2.26. The Bertz CT molecular complexity index is 1330. The summed E-state index contributed by atoms with van der Waals surface area (Å²) in [6.07, 6.45) is 6.03. The monoisotopic (exact) mass is 499 g/mol. The molecule has 0 unspecified atom stereocenters. The number of hydrogen-bond donors (Lipinski definition) is 1. The Hall–Kier alpha value is -3.15. The molecule has 0 radical (unpaired) electrons. The normalized spacial score (nSPS) is 14.2. The maximum Gasteiger partial charge on any atom is 0.143 e. The summed E-state index contributed by atoms with van der Waals surface area (Å²) in [7, 11) is 0. The molecule has 5 heteroatoms. The summed E-state index contributed by atoms with van der Waals surface area (Å²) in [5, 5.41) is 11.9. The largest absolute Gasteiger partial charge is 0.508 e. The highest BCUT2D eigenvalue weighted by atomic mass is 32.2. The first-order valence-electron chi connectivity index (χ1n) is 12.6. The van der Waals surface area contributed by atoms with Crippen LogP contribution in [0.5, 0.6) is 23.0 Å². The number of nitrogens with zero attached hydrogens (tertiary/aromatic N) is 1. The lowest BCUT2D eigenvalue weighted by molar-refractivity contribution is 0.183. The fraction of sp³-hybridized carbons (Fsp3) is 0.290. The second kappa shape index (κ2) is 11.3. The molecule has 1 fully saturated rings. The summed E-state index contributed by atoms with van der Waals surface area (Å²) < 4.78 is 12.5. The van der Waals surface area contributed by atoms with Crippen molar-refractivity contribution in [3.63, 3.8) is 0 Å². The number of rotatable bonds is 8. The first-order valence-corrected chi connectivity index (χ1v) is 13.9. The molecular formula is C31H33NO3S. The summed E-state index contributed by atoms with van der Waals surface area (Å²) in [5.41, 5.74) is 3.36. The predicted molar refractivity (Wildman–Crippen MR) is 150 cm³/mol. The van der Waals surface area contributed by atoms with Crippen molar-refractivity contribution < 1.29 is 14.6 Å². The Balaban J connectivity index is 1.40. The van der Waals surface area contributed by atoms with Crippen LogP contribution in [0.3, 0.4) is 0 Å². The Labute approximate surface area is 217 Å². The Kier molecular flexibility index (Phi) is 7.69. The fourth-order valence-electron chi connectivity index (χ4n) is 4.87. The first kappa shape index (κ1) is 24.5. The molecule has 0 spiro atoms. The summed E-state index contributed by atoms with van der Waals surface area (Å²) in [6.45, 7) is 6.17. The van der Waals surface area contributed by atoms with Gasteiger partial charge in [-0.05, 0) is 116 Å². The van der Waals surface area contributed by atoms with Gasteiger partial charge in [0.25, 0.3) is 0 Å². The molecule has 0 aliphatic carbocycles. The van der Waals surface area contributed by atoms with E-state index in [1.165, 1.54) is 42.8 Å². The Morgan fingerprint density at radius 1 is 0.833 bits per heavy atom. The van der Waals surface area contributed by atoms with E-state index in [2.05, 4.69) is 42.3 Å². The zero-order chi connectivity index (χ0) is 24.9. The van der Waals surface area contributed by atoms with Gasteiger partial charge in [-0.15, -0.1) is 11.8 Å². The van der Waals surface area contributed by atoms with Crippen LogP contribution in [0, 0.1) is 6.92 Å². The van der Waals surface area contributed by atoms with E-state index in [1.807, 2.05) is 36.4 Å². The number of likely N-dealkylation sites (tertiary alicyclic amines) is 1. The van der Waals surface area contributed by atoms with Crippen molar-refractivity contribution in [2.45, 2.75) is 31.1 Å². The van der Waals surface area contributed by atoms with Gasteiger partial charge < -0.3 is 14.6 Å². The minimum atomic E-state index is 0.243. The van der Waals surface area contributed by atoms with Gasteiger partial charge in [-0.2, -0.15) is 0 Å². The number of aryl methyl sites for hydroxylation is 1. The molecule has 5 rings (SSSR count). The van der Waals surface area contributed by atoms with Gasteiger partial charge >= 0.3 is 0 Å². The average Bonchev–Trinajstić information content (AvgIpc) is 2.90. The molecule has 36 heavy (non-hydrogen) atoms. The first-order chi connectivity index (χ1) is 17.6. The number of aromatic hydroxyl groups is 1. The number of piperidine rings is 1. The van der Waals surface area contributed by atoms with Crippen LogP contribution >= 0.6 is 11.8 Å². The van der Waals surface area contributed by atoms with Gasteiger partial charge in [0.1, 0.15) is 29.6 Å². The molecule has 1 aliphatic heterocycles. The topological polar surface area (TPSA) is 41.9 Å². The van der Waals surface area contributed by atoms with E-state index in [0.29, 0.717) is 6.61 Å². The zero-order valence-corrected chi connectivity index (χ0v) is 21.8. The van der Waals surface area contributed by atoms with Crippen molar-refractivity contribution in [2.24, 2.45) is 0 Å². The van der Waals surface area contributed by atoms with Gasteiger partial charge in [-0.25, -0.2) is 0 Å². The summed E-state index contributed by atoms with van der Waals surface area (Å²) >= 11 is 1.74. The second-order valence-electron chi connectivity index (χ2n) is 9.35. The van der Waals surface area contributed by atoms with Crippen molar-refractivity contribution in [3.8, 4) is 34.1 Å². The number of thioether (sulfide) groups is 1. The number of phenols is 1. The van der Waals surface area contributed by atoms with Crippen LogP contribution in [-0.4, -0.2) is 42.5 Å². The third-order valence-electron chi connectivity index (χ3n) is 6.85. The number of ether oxygens (including phenoxy) is 2. The summed E-state index contributed by atoms with van der Waals surface area (Å²) in [4.78, 5) is 3.72. The fourth-order valence-corrected chi connectivity index (χ4v) is 5.37. The molecule has 4 aromatic carbocycles. The van der Waals surface area contributed by atoms with Crippen molar-refractivity contribution in [2.75, 3.05) is 32.5 Å². The second-order valence-corrected chi connectivity index (χ2v) is 10.2. The minimum absolute atomic E-state index is 0.243. The molecule has 0 amide bonds. The third-order valence-corrected chi connectivity index (χ3v) is 7.57. The molecule has 1 saturated heterocycles. The van der Waals surface area contributed by atoms with Gasteiger partial charge in [0, 0.05) is 22.4 Å². The van der Waals surface area contributed by atoms with E-state index >= 15 is 0 Å². The van der Waals surface area contributed by atoms with Crippen LogP contribution in [0.25, 0.3) is 21.9 Å². The Morgan fingerprint density at radius 3 is 2.33 bits per heavy atom. The highest BCUT2D eigenvalue weighted by Gasteiger charge is 2.15. The quantitative estimate of drug-likeness (QED) is 0.250. The predicted octanol–water partition coefficient (Wildman–Crippen LogP) is 7.90. The van der Waals surface area contributed by atoms with E-state index in [1.54, 1.807) is 23.9 Å². The lowest BCUT2D eigenvalue weighted by atomic mass is 9.96. The van der Waals surface area contributed by atoms with E-state index in [4.69, 9.17) is 9.47 Å². The molecule has 1 aliphatic rings. The molecule has 186 valence electrons. The van der Waals surface area contributed by atoms with Crippen LogP contribution in [-0.2, 0) is 0 Å². The smallest absolute Gasteiger partial charge is 0.143 e. The van der Waals surface area contributed by atoms with Gasteiger partial charge in [-0.3, -0.25) is 4.90 Å². The van der Waals surface area contributed by atoms with Crippen LogP contribution in [0.2, 0.25) is 0 Å². The molecule has 4 aromatic rings. The highest BCUT2D eigenvalue weighted by molar-refractivity contribution is 7.98. The van der Waals surface area contributed by atoms with Crippen LogP contribution in [0.15, 0.2) is 77.7 Å².